The number of anilines is 1. The van der Waals surface area contributed by atoms with Crippen LogP contribution in [-0.2, 0) is 18.0 Å². The van der Waals surface area contributed by atoms with Gasteiger partial charge in [0, 0.05) is 36.1 Å². The van der Waals surface area contributed by atoms with E-state index in [1.165, 1.54) is 6.07 Å². The molecule has 3 aromatic heterocycles. The van der Waals surface area contributed by atoms with E-state index in [1.807, 2.05) is 0 Å². The van der Waals surface area contributed by atoms with Crippen LogP contribution >= 0.6 is 0 Å². The van der Waals surface area contributed by atoms with E-state index in [4.69, 9.17) is 10.5 Å². The van der Waals surface area contributed by atoms with Crippen LogP contribution in [0.5, 0.6) is 0 Å². The minimum Gasteiger partial charge on any atom is -0.382 e. The quantitative estimate of drug-likeness (QED) is 0.497. The van der Waals surface area contributed by atoms with Crippen LogP contribution in [0.3, 0.4) is 0 Å². The maximum atomic E-state index is 13.5. The summed E-state index contributed by atoms with van der Waals surface area (Å²) < 4.78 is 45.8. The SMILES string of the molecule is Cn1ncc2c3cc(C(=O)N4CCOC[C@@H]4c4ccc(C(F)(F)F)cn4)ccc3nc(N)c21. The summed E-state index contributed by atoms with van der Waals surface area (Å²) in [6.07, 6.45) is -2.03. The first-order valence-electron chi connectivity index (χ1n) is 10.2. The van der Waals surface area contributed by atoms with Crippen LogP contribution in [0.4, 0.5) is 19.0 Å². The number of halogens is 3. The summed E-state index contributed by atoms with van der Waals surface area (Å²) in [6.45, 7) is 0.747. The minimum atomic E-state index is -4.48. The van der Waals surface area contributed by atoms with E-state index in [-0.39, 0.29) is 19.1 Å². The number of alkyl halides is 3. The number of aryl methyl sites for hydroxylation is 1. The molecule has 4 heterocycles. The largest absolute Gasteiger partial charge is 0.417 e. The first kappa shape index (κ1) is 21.1. The lowest BCUT2D eigenvalue weighted by molar-refractivity contribution is -0.137. The van der Waals surface area contributed by atoms with Crippen molar-refractivity contribution in [3.8, 4) is 0 Å². The van der Waals surface area contributed by atoms with Gasteiger partial charge >= 0.3 is 6.18 Å². The van der Waals surface area contributed by atoms with Crippen molar-refractivity contribution in [3.05, 3.63) is 59.5 Å². The highest BCUT2D eigenvalue weighted by Crippen LogP contribution is 2.32. The van der Waals surface area contributed by atoms with Gasteiger partial charge < -0.3 is 15.4 Å². The van der Waals surface area contributed by atoms with Gasteiger partial charge in [0.25, 0.3) is 5.91 Å². The van der Waals surface area contributed by atoms with Crippen LogP contribution in [-0.4, -0.2) is 50.3 Å². The molecule has 0 aliphatic carbocycles. The summed E-state index contributed by atoms with van der Waals surface area (Å²) in [5.41, 5.74) is 7.27. The van der Waals surface area contributed by atoms with Gasteiger partial charge in [-0.3, -0.25) is 14.5 Å². The van der Waals surface area contributed by atoms with Gasteiger partial charge in [0.2, 0.25) is 0 Å². The molecule has 170 valence electrons. The maximum absolute atomic E-state index is 13.5. The number of aromatic nitrogens is 4. The number of morpholine rings is 1. The lowest BCUT2D eigenvalue weighted by Crippen LogP contribution is -2.43. The number of hydrogen-bond acceptors (Lipinski definition) is 6. The molecule has 11 heteroatoms. The van der Waals surface area contributed by atoms with Crippen molar-refractivity contribution in [1.29, 1.82) is 0 Å². The van der Waals surface area contributed by atoms with Gasteiger partial charge in [-0.1, -0.05) is 0 Å². The van der Waals surface area contributed by atoms with Crippen molar-refractivity contribution < 1.29 is 22.7 Å². The van der Waals surface area contributed by atoms with Gasteiger partial charge in [-0.15, -0.1) is 0 Å². The molecule has 1 aliphatic heterocycles. The van der Waals surface area contributed by atoms with Crippen LogP contribution in [0.2, 0.25) is 0 Å². The molecule has 1 atom stereocenters. The Hall–Kier alpha value is -3.73. The number of amides is 1. The van der Waals surface area contributed by atoms with Crippen molar-refractivity contribution in [2.45, 2.75) is 12.2 Å². The Morgan fingerprint density at radius 3 is 2.73 bits per heavy atom. The number of fused-ring (bicyclic) bond motifs is 3. The average Bonchev–Trinajstić information content (AvgIpc) is 3.20. The fourth-order valence-electron chi connectivity index (χ4n) is 4.13. The Kier molecular flexibility index (Phi) is 4.93. The number of rotatable bonds is 2. The summed E-state index contributed by atoms with van der Waals surface area (Å²) in [5.74, 6) is 0.0685. The Labute approximate surface area is 185 Å². The second-order valence-corrected chi connectivity index (χ2v) is 7.82. The second-order valence-electron chi connectivity index (χ2n) is 7.82. The second kappa shape index (κ2) is 7.69. The molecule has 0 radical (unpaired) electrons. The molecule has 0 spiro atoms. The highest BCUT2D eigenvalue weighted by atomic mass is 19.4. The van der Waals surface area contributed by atoms with E-state index < -0.39 is 17.8 Å². The predicted molar refractivity (Wildman–Crippen MR) is 114 cm³/mol. The number of benzene rings is 1. The number of pyridine rings is 2. The summed E-state index contributed by atoms with van der Waals surface area (Å²) in [7, 11) is 1.76. The van der Waals surface area contributed by atoms with Crippen molar-refractivity contribution >= 4 is 33.5 Å². The first-order valence-corrected chi connectivity index (χ1v) is 10.2. The van der Waals surface area contributed by atoms with Crippen LogP contribution in [0.1, 0.15) is 27.7 Å². The fourth-order valence-corrected chi connectivity index (χ4v) is 4.13. The number of nitrogen functional groups attached to an aromatic ring is 1. The molecule has 5 rings (SSSR count). The summed E-state index contributed by atoms with van der Waals surface area (Å²) >= 11 is 0. The van der Waals surface area contributed by atoms with Gasteiger partial charge in [-0.2, -0.15) is 18.3 Å². The van der Waals surface area contributed by atoms with Crippen LogP contribution in [0.15, 0.2) is 42.7 Å². The van der Waals surface area contributed by atoms with Gasteiger partial charge in [-0.25, -0.2) is 4.98 Å². The number of hydrogen-bond donors (Lipinski definition) is 1. The summed E-state index contributed by atoms with van der Waals surface area (Å²) in [6, 6.07) is 6.76. The van der Waals surface area contributed by atoms with Gasteiger partial charge in [0.05, 0.1) is 42.2 Å². The van der Waals surface area contributed by atoms with Crippen LogP contribution < -0.4 is 5.73 Å². The van der Waals surface area contributed by atoms with Crippen molar-refractivity contribution in [2.75, 3.05) is 25.5 Å². The van der Waals surface area contributed by atoms with E-state index in [2.05, 4.69) is 15.1 Å². The third-order valence-electron chi connectivity index (χ3n) is 5.80. The number of nitrogens with two attached hydrogens (primary N) is 1. The third kappa shape index (κ3) is 3.63. The molecule has 1 aromatic carbocycles. The molecule has 8 nitrogen and oxygen atoms in total. The molecule has 2 N–H and O–H groups in total. The van der Waals surface area contributed by atoms with E-state index in [0.717, 1.165) is 23.0 Å². The Morgan fingerprint density at radius 2 is 2.00 bits per heavy atom. The Bertz CT molecular complexity index is 1370. The molecular formula is C22H19F3N6O2. The van der Waals surface area contributed by atoms with E-state index in [9.17, 15) is 18.0 Å². The molecule has 1 amide bonds. The third-order valence-corrected chi connectivity index (χ3v) is 5.80. The molecule has 4 aromatic rings. The fraction of sp³-hybridized carbons (Fsp3) is 0.273. The zero-order valence-corrected chi connectivity index (χ0v) is 17.5. The zero-order chi connectivity index (χ0) is 23.3. The minimum absolute atomic E-state index is 0.141. The topological polar surface area (TPSA) is 99.2 Å². The van der Waals surface area contributed by atoms with E-state index in [1.54, 1.807) is 41.0 Å². The average molecular weight is 456 g/mol. The molecule has 1 fully saturated rings. The highest BCUT2D eigenvalue weighted by Gasteiger charge is 2.33. The predicted octanol–water partition coefficient (Wildman–Crippen LogP) is 3.33. The Morgan fingerprint density at radius 1 is 1.18 bits per heavy atom. The summed E-state index contributed by atoms with van der Waals surface area (Å²) in [4.78, 5) is 23.4. The smallest absolute Gasteiger partial charge is 0.382 e. The lowest BCUT2D eigenvalue weighted by atomic mass is 10.0. The molecule has 1 saturated heterocycles. The number of nitrogens with zero attached hydrogens (tertiary/aromatic N) is 5. The van der Waals surface area contributed by atoms with Crippen molar-refractivity contribution in [1.82, 2.24) is 24.6 Å². The van der Waals surface area contributed by atoms with Crippen molar-refractivity contribution in [2.24, 2.45) is 7.05 Å². The Balaban J connectivity index is 1.52. The number of carbonyl (C=O) groups excluding carboxylic acids is 1. The van der Waals surface area contributed by atoms with Crippen LogP contribution in [0, 0.1) is 0 Å². The summed E-state index contributed by atoms with van der Waals surface area (Å²) in [5, 5.41) is 5.75. The van der Waals surface area contributed by atoms with Crippen LogP contribution in [0.25, 0.3) is 21.8 Å². The normalized spacial score (nSPS) is 17.1. The molecule has 0 bridgehead atoms. The van der Waals surface area contributed by atoms with Gasteiger partial charge in [-0.05, 0) is 30.3 Å². The lowest BCUT2D eigenvalue weighted by Gasteiger charge is -2.35. The van der Waals surface area contributed by atoms with E-state index >= 15 is 0 Å². The number of ether oxygens (including phenoxy) is 1. The monoisotopic (exact) mass is 456 g/mol. The molecule has 1 aliphatic rings. The molecule has 0 unspecified atom stereocenters. The van der Waals surface area contributed by atoms with Crippen molar-refractivity contribution in [3.63, 3.8) is 0 Å². The highest BCUT2D eigenvalue weighted by molar-refractivity contribution is 6.10. The molecular weight excluding hydrogens is 437 g/mol. The zero-order valence-electron chi connectivity index (χ0n) is 17.5. The molecule has 0 saturated carbocycles. The van der Waals surface area contributed by atoms with Gasteiger partial charge in [0.1, 0.15) is 11.3 Å². The number of carbonyl (C=O) groups is 1. The first-order chi connectivity index (χ1) is 15.7. The molecule has 33 heavy (non-hydrogen) atoms. The van der Waals surface area contributed by atoms with Gasteiger partial charge in [0.15, 0.2) is 0 Å². The standard InChI is InChI=1S/C22H19F3N6O2/c1-30-19-15(10-28-30)14-8-12(2-4-16(14)29-20(19)26)21(32)31-6-7-33-11-18(31)17-5-3-13(9-27-17)22(23,24)25/h2-5,8-10,18H,6-7,11H2,1H3,(H2,26,29)/t18-/m1/s1. The maximum Gasteiger partial charge on any atom is 0.417 e. The van der Waals surface area contributed by atoms with E-state index in [0.29, 0.717) is 34.7 Å².